The third kappa shape index (κ3) is 2.68. The number of hydrogen-bond donors (Lipinski definition) is 0. The van der Waals surface area contributed by atoms with E-state index in [1.165, 1.54) is 11.8 Å². The second-order valence-electron chi connectivity index (χ2n) is 3.36. The molecule has 17 heavy (non-hydrogen) atoms. The number of ether oxygens (including phenoxy) is 1. The van der Waals surface area contributed by atoms with E-state index in [1.54, 1.807) is 13.8 Å². The van der Waals surface area contributed by atoms with Gasteiger partial charge in [-0.2, -0.15) is 0 Å². The topological polar surface area (TPSA) is 44.8 Å². The predicted molar refractivity (Wildman–Crippen MR) is 67.6 cm³/mol. The normalized spacial score (nSPS) is 18.8. The van der Waals surface area contributed by atoms with Crippen LogP contribution in [0.1, 0.15) is 13.8 Å². The molecular formula is C11H15O4PS. The minimum Gasteiger partial charge on any atom is -0.465 e. The molecule has 1 atom stereocenters. The summed E-state index contributed by atoms with van der Waals surface area (Å²) in [6, 6.07) is 7.59. The summed E-state index contributed by atoms with van der Waals surface area (Å²) < 4.78 is 28.7. The SMILES string of the molecule is CCOP(=O)(OCC)C1Oc2ccccc2S1. The predicted octanol–water partition coefficient (Wildman–Crippen LogP) is 3.72. The molecule has 1 aromatic rings. The smallest absolute Gasteiger partial charge is 0.381 e. The van der Waals surface area contributed by atoms with Gasteiger partial charge >= 0.3 is 7.60 Å². The molecule has 0 aromatic heterocycles. The van der Waals surface area contributed by atoms with E-state index in [0.29, 0.717) is 13.2 Å². The minimum absolute atomic E-state index is 0.341. The molecule has 0 aliphatic carbocycles. The van der Waals surface area contributed by atoms with E-state index in [2.05, 4.69) is 0 Å². The zero-order valence-corrected chi connectivity index (χ0v) is 11.5. The van der Waals surface area contributed by atoms with Crippen LogP contribution >= 0.6 is 19.4 Å². The van der Waals surface area contributed by atoms with Gasteiger partial charge in [-0.15, -0.1) is 0 Å². The van der Waals surface area contributed by atoms with Crippen molar-refractivity contribution in [2.75, 3.05) is 13.2 Å². The van der Waals surface area contributed by atoms with Gasteiger partial charge in [0.1, 0.15) is 5.75 Å². The van der Waals surface area contributed by atoms with Crippen molar-refractivity contribution in [2.45, 2.75) is 23.9 Å². The van der Waals surface area contributed by atoms with Crippen LogP contribution in [-0.2, 0) is 13.6 Å². The number of fused-ring (bicyclic) bond motifs is 1. The Morgan fingerprint density at radius 3 is 2.53 bits per heavy atom. The van der Waals surface area contributed by atoms with E-state index in [4.69, 9.17) is 13.8 Å². The third-order valence-corrected chi connectivity index (χ3v) is 6.02. The summed E-state index contributed by atoms with van der Waals surface area (Å²) in [6.07, 6.45) is 0. The Balaban J connectivity index is 2.17. The monoisotopic (exact) mass is 274 g/mol. The van der Waals surface area contributed by atoms with Crippen molar-refractivity contribution < 1.29 is 18.3 Å². The standard InChI is InChI=1S/C11H15O4PS/c1-3-13-16(12,14-4-2)11-15-9-7-5-6-8-10(9)17-11/h5-8,11H,3-4H2,1-2H3. The molecule has 0 saturated carbocycles. The number of thioether (sulfide) groups is 1. The number of benzene rings is 1. The lowest BCUT2D eigenvalue weighted by Crippen LogP contribution is -2.13. The van der Waals surface area contributed by atoms with Crippen LogP contribution in [0.25, 0.3) is 0 Å². The summed E-state index contributed by atoms with van der Waals surface area (Å²) in [5.41, 5.74) is 0. The summed E-state index contributed by atoms with van der Waals surface area (Å²) in [4.78, 5) is 0.970. The Morgan fingerprint density at radius 1 is 1.29 bits per heavy atom. The van der Waals surface area contributed by atoms with Gasteiger partial charge in [0.2, 0.25) is 5.18 Å². The van der Waals surface area contributed by atoms with Crippen molar-refractivity contribution in [2.24, 2.45) is 0 Å². The maximum atomic E-state index is 12.5. The zero-order valence-electron chi connectivity index (χ0n) is 9.79. The largest absolute Gasteiger partial charge is 0.465 e. The third-order valence-electron chi connectivity index (χ3n) is 2.18. The van der Waals surface area contributed by atoms with Gasteiger partial charge in [0.05, 0.1) is 18.1 Å². The number of rotatable bonds is 5. The van der Waals surface area contributed by atoms with Crippen molar-refractivity contribution in [3.63, 3.8) is 0 Å². The summed E-state index contributed by atoms with van der Waals surface area (Å²) in [6.45, 7) is 4.26. The van der Waals surface area contributed by atoms with Gasteiger partial charge in [-0.05, 0) is 26.0 Å². The first-order valence-electron chi connectivity index (χ1n) is 5.50. The Hall–Kier alpha value is -0.480. The van der Waals surface area contributed by atoms with Gasteiger partial charge in [0.25, 0.3) is 0 Å². The highest BCUT2D eigenvalue weighted by Crippen LogP contribution is 2.62. The lowest BCUT2D eigenvalue weighted by molar-refractivity contribution is 0.190. The fourth-order valence-electron chi connectivity index (χ4n) is 1.53. The highest BCUT2D eigenvalue weighted by Gasteiger charge is 2.42. The van der Waals surface area contributed by atoms with E-state index in [0.717, 1.165) is 10.6 Å². The first kappa shape index (κ1) is 13.0. The second kappa shape index (κ2) is 5.44. The first-order valence-corrected chi connectivity index (χ1v) is 8.00. The quantitative estimate of drug-likeness (QED) is 0.766. The van der Waals surface area contributed by atoms with Gasteiger partial charge in [-0.1, -0.05) is 23.9 Å². The first-order chi connectivity index (χ1) is 8.19. The second-order valence-corrected chi connectivity index (χ2v) is 6.88. The molecule has 0 N–H and O–H groups in total. The number of para-hydroxylation sites is 1. The van der Waals surface area contributed by atoms with E-state index in [9.17, 15) is 4.57 Å². The Morgan fingerprint density at radius 2 is 1.94 bits per heavy atom. The van der Waals surface area contributed by atoms with Crippen molar-refractivity contribution in [3.05, 3.63) is 24.3 Å². The molecule has 0 bridgehead atoms. The average Bonchev–Trinajstić information content (AvgIpc) is 2.74. The van der Waals surface area contributed by atoms with Crippen molar-refractivity contribution in [1.29, 1.82) is 0 Å². The van der Waals surface area contributed by atoms with Crippen molar-refractivity contribution in [3.8, 4) is 5.75 Å². The lowest BCUT2D eigenvalue weighted by Gasteiger charge is -2.21. The van der Waals surface area contributed by atoms with E-state index < -0.39 is 12.8 Å². The van der Waals surface area contributed by atoms with Crippen LogP contribution < -0.4 is 4.74 Å². The molecule has 6 heteroatoms. The van der Waals surface area contributed by atoms with Gasteiger partial charge in [0.15, 0.2) is 0 Å². The fourth-order valence-corrected chi connectivity index (χ4v) is 4.80. The molecule has 1 unspecified atom stereocenters. The molecule has 0 spiro atoms. The minimum atomic E-state index is -3.21. The summed E-state index contributed by atoms with van der Waals surface area (Å²) in [5, 5.41) is -0.597. The van der Waals surface area contributed by atoms with Crippen LogP contribution in [0.5, 0.6) is 5.75 Å². The van der Waals surface area contributed by atoms with Crippen molar-refractivity contribution >= 4 is 19.4 Å². The Labute approximate surface area is 105 Å². The van der Waals surface area contributed by atoms with E-state index >= 15 is 0 Å². The molecule has 2 rings (SSSR count). The Bertz CT molecular complexity index is 402. The lowest BCUT2D eigenvalue weighted by atomic mass is 10.3. The molecule has 1 aromatic carbocycles. The summed E-state index contributed by atoms with van der Waals surface area (Å²) in [7, 11) is -3.21. The maximum Gasteiger partial charge on any atom is 0.381 e. The molecule has 1 heterocycles. The number of hydrogen-bond acceptors (Lipinski definition) is 5. The highest BCUT2D eigenvalue weighted by molar-refractivity contribution is 8.05. The van der Waals surface area contributed by atoms with Gasteiger partial charge in [0, 0.05) is 0 Å². The molecule has 1 aliphatic rings. The zero-order chi connectivity index (χ0) is 12.3. The van der Waals surface area contributed by atoms with E-state index in [1.807, 2.05) is 24.3 Å². The molecule has 94 valence electrons. The molecule has 0 fully saturated rings. The van der Waals surface area contributed by atoms with Gasteiger partial charge in [-0.25, -0.2) is 0 Å². The van der Waals surface area contributed by atoms with Crippen LogP contribution in [0.3, 0.4) is 0 Å². The molecule has 0 radical (unpaired) electrons. The molecular weight excluding hydrogens is 259 g/mol. The van der Waals surface area contributed by atoms with Gasteiger partial charge in [-0.3, -0.25) is 4.57 Å². The summed E-state index contributed by atoms with van der Waals surface area (Å²) in [5.74, 6) is 0.738. The molecule has 4 nitrogen and oxygen atoms in total. The van der Waals surface area contributed by atoms with Crippen LogP contribution in [0.2, 0.25) is 0 Å². The molecule has 1 aliphatic heterocycles. The van der Waals surface area contributed by atoms with Crippen LogP contribution in [0, 0.1) is 0 Å². The molecule has 0 saturated heterocycles. The maximum absolute atomic E-state index is 12.5. The van der Waals surface area contributed by atoms with Crippen LogP contribution in [0.4, 0.5) is 0 Å². The average molecular weight is 274 g/mol. The van der Waals surface area contributed by atoms with E-state index in [-0.39, 0.29) is 0 Å². The van der Waals surface area contributed by atoms with Crippen molar-refractivity contribution in [1.82, 2.24) is 0 Å². The van der Waals surface area contributed by atoms with Crippen LogP contribution in [-0.4, -0.2) is 18.4 Å². The molecule has 0 amide bonds. The van der Waals surface area contributed by atoms with Gasteiger partial charge < -0.3 is 13.8 Å². The highest BCUT2D eigenvalue weighted by atomic mass is 32.2. The Kier molecular flexibility index (Phi) is 4.15. The fraction of sp³-hybridized carbons (Fsp3) is 0.455. The summed E-state index contributed by atoms with van der Waals surface area (Å²) >= 11 is 1.39. The van der Waals surface area contributed by atoms with Crippen LogP contribution in [0.15, 0.2) is 29.2 Å².